The molecule has 15 heavy (non-hydrogen) atoms. The molecule has 5 heteroatoms. The summed E-state index contributed by atoms with van der Waals surface area (Å²) in [7, 11) is 0. The van der Waals surface area contributed by atoms with E-state index in [4.69, 9.17) is 0 Å². The zero-order chi connectivity index (χ0) is 12.1. The Bertz CT molecular complexity index is 281. The highest BCUT2D eigenvalue weighted by molar-refractivity contribution is 5.81. The van der Waals surface area contributed by atoms with Gasteiger partial charge in [-0.3, -0.25) is 4.79 Å². The van der Waals surface area contributed by atoms with E-state index in [1.807, 2.05) is 0 Å². The molecule has 1 aliphatic rings. The first-order valence-corrected chi connectivity index (χ1v) is 4.86. The first kappa shape index (κ1) is 12.3. The molecule has 2 nitrogen and oxygen atoms in total. The number of hydrogen-bond donors (Lipinski definition) is 1. The maximum Gasteiger partial charge on any atom is 0.400 e. The van der Waals surface area contributed by atoms with E-state index in [9.17, 15) is 18.0 Å². The number of nitrogens with one attached hydrogen (secondary N) is 1. The topological polar surface area (TPSA) is 29.1 Å². The van der Waals surface area contributed by atoms with Gasteiger partial charge in [0.05, 0.1) is 0 Å². The number of halogens is 3. The molecular formula is C10H16F3NO. The highest BCUT2D eigenvalue weighted by atomic mass is 19.4. The van der Waals surface area contributed by atoms with E-state index in [0.717, 1.165) is 0 Å². The lowest BCUT2D eigenvalue weighted by atomic mass is 9.66. The number of rotatable bonds is 0. The van der Waals surface area contributed by atoms with Gasteiger partial charge < -0.3 is 5.32 Å². The van der Waals surface area contributed by atoms with Crippen LogP contribution < -0.4 is 5.32 Å². The molecule has 1 fully saturated rings. The normalized spacial score (nSPS) is 29.8. The van der Waals surface area contributed by atoms with Crippen LogP contribution in [0.4, 0.5) is 13.2 Å². The van der Waals surface area contributed by atoms with Crippen LogP contribution in [-0.4, -0.2) is 17.6 Å². The third-order valence-electron chi connectivity index (χ3n) is 3.55. The monoisotopic (exact) mass is 223 g/mol. The minimum atomic E-state index is -4.45. The molecule has 88 valence electrons. The van der Waals surface area contributed by atoms with E-state index < -0.39 is 29.0 Å². The van der Waals surface area contributed by atoms with Gasteiger partial charge in [0.25, 0.3) is 0 Å². The molecular weight excluding hydrogens is 207 g/mol. The Labute approximate surface area is 87.2 Å². The summed E-state index contributed by atoms with van der Waals surface area (Å²) < 4.78 is 37.6. The Morgan fingerprint density at radius 3 is 2.13 bits per heavy atom. The first-order chi connectivity index (χ1) is 6.47. The molecule has 0 aliphatic carbocycles. The zero-order valence-electron chi connectivity index (χ0n) is 9.33. The second-order valence-electron chi connectivity index (χ2n) is 5.30. The van der Waals surface area contributed by atoms with Crippen molar-refractivity contribution in [2.24, 2.45) is 11.3 Å². The van der Waals surface area contributed by atoms with Gasteiger partial charge >= 0.3 is 6.18 Å². The summed E-state index contributed by atoms with van der Waals surface area (Å²) in [6.45, 7) is 6.98. The predicted octanol–water partition coefficient (Wildman–Crippen LogP) is 2.49. The van der Waals surface area contributed by atoms with E-state index in [2.05, 4.69) is 5.32 Å². The van der Waals surface area contributed by atoms with Crippen LogP contribution in [0.5, 0.6) is 0 Å². The number of carbonyl (C=O) groups excluding carboxylic acids is 1. The Morgan fingerprint density at radius 2 is 1.73 bits per heavy atom. The highest BCUT2D eigenvalue weighted by Crippen LogP contribution is 2.45. The van der Waals surface area contributed by atoms with Crippen LogP contribution in [0.3, 0.4) is 0 Å². The molecule has 1 unspecified atom stereocenters. The lowest BCUT2D eigenvalue weighted by Crippen LogP contribution is -2.62. The molecule has 0 aromatic heterocycles. The molecule has 0 aromatic rings. The van der Waals surface area contributed by atoms with Crippen molar-refractivity contribution in [1.82, 2.24) is 5.32 Å². The van der Waals surface area contributed by atoms with Crippen LogP contribution in [0.25, 0.3) is 0 Å². The van der Waals surface area contributed by atoms with Crippen molar-refractivity contribution in [2.45, 2.75) is 45.8 Å². The number of amides is 1. The standard InChI is InChI=1S/C10H16F3NO/c1-8(2)5-6(10(11,12)13)7(15)14-9(8,3)4/h6H,5H2,1-4H3,(H,14,15). The van der Waals surface area contributed by atoms with Crippen LogP contribution in [0, 0.1) is 11.3 Å². The minimum absolute atomic E-state index is 0.157. The summed E-state index contributed by atoms with van der Waals surface area (Å²) in [4.78, 5) is 11.3. The first-order valence-electron chi connectivity index (χ1n) is 4.86. The highest BCUT2D eigenvalue weighted by Gasteiger charge is 2.55. The van der Waals surface area contributed by atoms with E-state index in [0.29, 0.717) is 0 Å². The molecule has 1 heterocycles. The molecule has 1 saturated heterocycles. The van der Waals surface area contributed by atoms with Gasteiger partial charge in [-0.1, -0.05) is 13.8 Å². The van der Waals surface area contributed by atoms with E-state index in [-0.39, 0.29) is 6.42 Å². The van der Waals surface area contributed by atoms with E-state index in [1.165, 1.54) is 0 Å². The van der Waals surface area contributed by atoms with Crippen LogP contribution in [0.1, 0.15) is 34.1 Å². The largest absolute Gasteiger partial charge is 0.400 e. The third-order valence-corrected chi connectivity index (χ3v) is 3.55. The van der Waals surface area contributed by atoms with Crippen molar-refractivity contribution < 1.29 is 18.0 Å². The van der Waals surface area contributed by atoms with Crippen molar-refractivity contribution >= 4 is 5.91 Å². The van der Waals surface area contributed by atoms with Gasteiger partial charge in [-0.25, -0.2) is 0 Å². The van der Waals surface area contributed by atoms with Gasteiger partial charge in [0.2, 0.25) is 5.91 Å². The molecule has 1 amide bonds. The average Bonchev–Trinajstić information content (AvgIpc) is 1.94. The molecule has 0 saturated carbocycles. The van der Waals surface area contributed by atoms with E-state index >= 15 is 0 Å². The number of carbonyl (C=O) groups is 1. The fourth-order valence-corrected chi connectivity index (χ4v) is 1.69. The third kappa shape index (κ3) is 2.11. The van der Waals surface area contributed by atoms with Crippen molar-refractivity contribution in [1.29, 1.82) is 0 Å². The molecule has 1 rings (SSSR count). The zero-order valence-corrected chi connectivity index (χ0v) is 9.33. The summed E-state index contributed by atoms with van der Waals surface area (Å²) in [6.07, 6.45) is -4.60. The van der Waals surface area contributed by atoms with E-state index in [1.54, 1.807) is 27.7 Å². The smallest absolute Gasteiger partial charge is 0.350 e. The van der Waals surface area contributed by atoms with Crippen molar-refractivity contribution in [3.8, 4) is 0 Å². The van der Waals surface area contributed by atoms with Gasteiger partial charge in [-0.05, 0) is 25.7 Å². The quantitative estimate of drug-likeness (QED) is 0.671. The van der Waals surface area contributed by atoms with Crippen molar-refractivity contribution in [2.75, 3.05) is 0 Å². The Morgan fingerprint density at radius 1 is 1.27 bits per heavy atom. The van der Waals surface area contributed by atoms with Crippen LogP contribution >= 0.6 is 0 Å². The fraction of sp³-hybridized carbons (Fsp3) is 0.900. The molecule has 0 aromatic carbocycles. The summed E-state index contributed by atoms with van der Waals surface area (Å²) >= 11 is 0. The maximum atomic E-state index is 12.5. The Balaban J connectivity index is 2.98. The SMILES string of the molecule is CC1(C)CC(C(F)(F)F)C(=O)NC1(C)C. The maximum absolute atomic E-state index is 12.5. The minimum Gasteiger partial charge on any atom is -0.350 e. The summed E-state index contributed by atoms with van der Waals surface area (Å²) in [6, 6.07) is 0. The lowest BCUT2D eigenvalue weighted by molar-refractivity contribution is -0.199. The van der Waals surface area contributed by atoms with Crippen LogP contribution in [0.2, 0.25) is 0 Å². The van der Waals surface area contributed by atoms with Crippen molar-refractivity contribution in [3.05, 3.63) is 0 Å². The average molecular weight is 223 g/mol. The predicted molar refractivity (Wildman–Crippen MR) is 50.2 cm³/mol. The van der Waals surface area contributed by atoms with Gasteiger partial charge in [-0.2, -0.15) is 13.2 Å². The molecule has 1 N–H and O–H groups in total. The molecule has 1 atom stereocenters. The summed E-state index contributed by atoms with van der Waals surface area (Å²) in [5.41, 5.74) is -1.17. The van der Waals surface area contributed by atoms with Crippen LogP contribution in [0.15, 0.2) is 0 Å². The van der Waals surface area contributed by atoms with Gasteiger partial charge in [0.15, 0.2) is 0 Å². The van der Waals surface area contributed by atoms with Gasteiger partial charge in [0, 0.05) is 5.54 Å². The summed E-state index contributed by atoms with van der Waals surface area (Å²) in [5, 5.41) is 2.44. The second-order valence-corrected chi connectivity index (χ2v) is 5.30. The number of hydrogen-bond acceptors (Lipinski definition) is 1. The van der Waals surface area contributed by atoms with Gasteiger partial charge in [-0.15, -0.1) is 0 Å². The lowest BCUT2D eigenvalue weighted by Gasteiger charge is -2.48. The fourth-order valence-electron chi connectivity index (χ4n) is 1.69. The Kier molecular flexibility index (Phi) is 2.57. The van der Waals surface area contributed by atoms with Crippen molar-refractivity contribution in [3.63, 3.8) is 0 Å². The number of alkyl halides is 3. The van der Waals surface area contributed by atoms with Gasteiger partial charge in [0.1, 0.15) is 5.92 Å². The summed E-state index contributed by atoms with van der Waals surface area (Å²) in [5.74, 6) is -2.78. The van der Waals surface area contributed by atoms with Crippen LogP contribution in [-0.2, 0) is 4.79 Å². The molecule has 0 bridgehead atoms. The second kappa shape index (κ2) is 3.12. The molecule has 1 aliphatic heterocycles. The molecule has 0 radical (unpaired) electrons. The number of piperidine rings is 1. The molecule has 0 spiro atoms. The Hall–Kier alpha value is -0.740.